The van der Waals surface area contributed by atoms with Crippen LogP contribution in [0, 0.1) is 0 Å². The standard InChI is InChI=1S/C14H19ClO2/c1-16-13-7-6-11(9-14(13)17-2)10-4-3-5-12(15)8-10/h6-7,9-10,12H,3-5,8H2,1-2H3. The van der Waals surface area contributed by atoms with Gasteiger partial charge in [0, 0.05) is 5.38 Å². The number of rotatable bonds is 3. The number of hydrogen-bond acceptors (Lipinski definition) is 2. The zero-order valence-electron chi connectivity index (χ0n) is 10.4. The topological polar surface area (TPSA) is 18.5 Å². The monoisotopic (exact) mass is 254 g/mol. The highest BCUT2D eigenvalue weighted by Gasteiger charge is 2.22. The summed E-state index contributed by atoms with van der Waals surface area (Å²) in [6.45, 7) is 0. The first-order chi connectivity index (χ1) is 8.24. The number of hydrogen-bond donors (Lipinski definition) is 0. The largest absolute Gasteiger partial charge is 0.493 e. The molecule has 1 aliphatic rings. The second-order valence-electron chi connectivity index (χ2n) is 4.58. The van der Waals surface area contributed by atoms with Crippen molar-refractivity contribution in [3.8, 4) is 11.5 Å². The van der Waals surface area contributed by atoms with Crippen molar-refractivity contribution in [3.63, 3.8) is 0 Å². The van der Waals surface area contributed by atoms with Crippen molar-refractivity contribution >= 4 is 11.6 Å². The Labute approximate surface area is 108 Å². The van der Waals surface area contributed by atoms with Crippen LogP contribution in [0.15, 0.2) is 18.2 Å². The van der Waals surface area contributed by atoms with Crippen LogP contribution in [-0.2, 0) is 0 Å². The zero-order chi connectivity index (χ0) is 12.3. The van der Waals surface area contributed by atoms with Gasteiger partial charge in [-0.15, -0.1) is 11.6 Å². The molecule has 2 atom stereocenters. The van der Waals surface area contributed by atoms with Crippen molar-refractivity contribution in [2.45, 2.75) is 37.0 Å². The second kappa shape index (κ2) is 5.63. The Kier molecular flexibility index (Phi) is 4.16. The minimum Gasteiger partial charge on any atom is -0.493 e. The highest BCUT2D eigenvalue weighted by atomic mass is 35.5. The molecule has 2 nitrogen and oxygen atoms in total. The molecule has 2 unspecified atom stereocenters. The molecule has 1 fully saturated rings. The van der Waals surface area contributed by atoms with E-state index >= 15 is 0 Å². The molecule has 0 spiro atoms. The van der Waals surface area contributed by atoms with E-state index in [-0.39, 0.29) is 0 Å². The molecule has 1 aromatic carbocycles. The molecule has 0 N–H and O–H groups in total. The van der Waals surface area contributed by atoms with Gasteiger partial charge in [0.25, 0.3) is 0 Å². The minimum atomic E-state index is 0.321. The van der Waals surface area contributed by atoms with E-state index in [1.807, 2.05) is 6.07 Å². The van der Waals surface area contributed by atoms with Gasteiger partial charge in [0.2, 0.25) is 0 Å². The second-order valence-corrected chi connectivity index (χ2v) is 5.19. The molecular formula is C14H19ClO2. The number of halogens is 1. The van der Waals surface area contributed by atoms with Crippen LogP contribution in [-0.4, -0.2) is 19.6 Å². The molecule has 2 rings (SSSR count). The lowest BCUT2D eigenvalue weighted by atomic mass is 9.84. The highest BCUT2D eigenvalue weighted by molar-refractivity contribution is 6.20. The minimum absolute atomic E-state index is 0.321. The lowest BCUT2D eigenvalue weighted by Gasteiger charge is -2.26. The quantitative estimate of drug-likeness (QED) is 0.760. The van der Waals surface area contributed by atoms with E-state index in [1.165, 1.54) is 18.4 Å². The summed E-state index contributed by atoms with van der Waals surface area (Å²) >= 11 is 6.24. The fourth-order valence-corrected chi connectivity index (χ4v) is 2.91. The number of benzene rings is 1. The van der Waals surface area contributed by atoms with Gasteiger partial charge in [-0.3, -0.25) is 0 Å². The summed E-state index contributed by atoms with van der Waals surface area (Å²) in [5, 5.41) is 0.321. The van der Waals surface area contributed by atoms with Crippen molar-refractivity contribution in [2.24, 2.45) is 0 Å². The Bertz CT molecular complexity index is 378. The van der Waals surface area contributed by atoms with Crippen LogP contribution in [0.1, 0.15) is 37.2 Å². The van der Waals surface area contributed by atoms with Gasteiger partial charge in [-0.05, 0) is 42.9 Å². The van der Waals surface area contributed by atoms with Crippen molar-refractivity contribution in [1.29, 1.82) is 0 Å². The Morgan fingerprint density at radius 2 is 1.88 bits per heavy atom. The maximum absolute atomic E-state index is 6.24. The first-order valence-electron chi connectivity index (χ1n) is 6.10. The van der Waals surface area contributed by atoms with Gasteiger partial charge in [-0.25, -0.2) is 0 Å². The molecule has 94 valence electrons. The van der Waals surface area contributed by atoms with Crippen LogP contribution in [0.3, 0.4) is 0 Å². The third kappa shape index (κ3) is 2.86. The normalized spacial score (nSPS) is 24.4. The first-order valence-corrected chi connectivity index (χ1v) is 6.54. The van der Waals surface area contributed by atoms with Crippen molar-refractivity contribution in [3.05, 3.63) is 23.8 Å². The van der Waals surface area contributed by atoms with Crippen LogP contribution in [0.5, 0.6) is 11.5 Å². The fraction of sp³-hybridized carbons (Fsp3) is 0.571. The van der Waals surface area contributed by atoms with E-state index in [1.54, 1.807) is 14.2 Å². The van der Waals surface area contributed by atoms with E-state index < -0.39 is 0 Å². The predicted octanol–water partition coefficient (Wildman–Crippen LogP) is 3.97. The Hall–Kier alpha value is -0.890. The number of ether oxygens (including phenoxy) is 2. The summed E-state index contributed by atoms with van der Waals surface area (Å²) in [5.74, 6) is 2.15. The molecule has 0 aliphatic heterocycles. The average molecular weight is 255 g/mol. The van der Waals surface area contributed by atoms with Gasteiger partial charge in [-0.2, -0.15) is 0 Å². The van der Waals surface area contributed by atoms with E-state index in [0.717, 1.165) is 24.3 Å². The van der Waals surface area contributed by atoms with E-state index in [0.29, 0.717) is 11.3 Å². The molecule has 1 aromatic rings. The van der Waals surface area contributed by atoms with Crippen LogP contribution in [0.2, 0.25) is 0 Å². The van der Waals surface area contributed by atoms with E-state index in [2.05, 4.69) is 12.1 Å². The molecule has 1 aliphatic carbocycles. The Morgan fingerprint density at radius 1 is 1.12 bits per heavy atom. The van der Waals surface area contributed by atoms with Crippen molar-refractivity contribution < 1.29 is 9.47 Å². The first kappa shape index (κ1) is 12.6. The highest BCUT2D eigenvalue weighted by Crippen LogP contribution is 2.38. The molecule has 0 saturated heterocycles. The maximum atomic E-state index is 6.24. The lowest BCUT2D eigenvalue weighted by Crippen LogP contribution is -2.14. The summed E-state index contributed by atoms with van der Waals surface area (Å²) in [5.41, 5.74) is 1.31. The van der Waals surface area contributed by atoms with Gasteiger partial charge in [0.05, 0.1) is 14.2 Å². The van der Waals surface area contributed by atoms with Gasteiger partial charge in [0.1, 0.15) is 0 Å². The third-order valence-corrected chi connectivity index (χ3v) is 3.89. The lowest BCUT2D eigenvalue weighted by molar-refractivity contribution is 0.353. The summed E-state index contributed by atoms with van der Waals surface area (Å²) < 4.78 is 10.6. The van der Waals surface area contributed by atoms with Crippen LogP contribution in [0.25, 0.3) is 0 Å². The molecule has 0 radical (unpaired) electrons. The summed E-state index contributed by atoms with van der Waals surface area (Å²) in [6.07, 6.45) is 4.65. The zero-order valence-corrected chi connectivity index (χ0v) is 11.2. The van der Waals surface area contributed by atoms with Gasteiger partial charge in [0.15, 0.2) is 11.5 Å². The molecule has 0 heterocycles. The number of methoxy groups -OCH3 is 2. The van der Waals surface area contributed by atoms with Crippen molar-refractivity contribution in [2.75, 3.05) is 14.2 Å². The molecule has 0 amide bonds. The average Bonchev–Trinajstić information content (AvgIpc) is 2.38. The summed E-state index contributed by atoms with van der Waals surface area (Å²) in [7, 11) is 3.33. The molecule has 3 heteroatoms. The van der Waals surface area contributed by atoms with E-state index in [9.17, 15) is 0 Å². The van der Waals surface area contributed by atoms with Crippen molar-refractivity contribution in [1.82, 2.24) is 0 Å². The smallest absolute Gasteiger partial charge is 0.160 e. The van der Waals surface area contributed by atoms with Crippen LogP contribution in [0.4, 0.5) is 0 Å². The molecule has 1 saturated carbocycles. The maximum Gasteiger partial charge on any atom is 0.160 e. The summed E-state index contributed by atoms with van der Waals surface area (Å²) in [6, 6.07) is 6.19. The summed E-state index contributed by atoms with van der Waals surface area (Å²) in [4.78, 5) is 0. The molecular weight excluding hydrogens is 236 g/mol. The van der Waals surface area contributed by atoms with E-state index in [4.69, 9.17) is 21.1 Å². The van der Waals surface area contributed by atoms with Crippen LogP contribution < -0.4 is 9.47 Å². The Balaban J connectivity index is 2.20. The van der Waals surface area contributed by atoms with Gasteiger partial charge < -0.3 is 9.47 Å². The predicted molar refractivity (Wildman–Crippen MR) is 70.4 cm³/mol. The van der Waals surface area contributed by atoms with Crippen LogP contribution >= 0.6 is 11.6 Å². The SMILES string of the molecule is COc1ccc(C2CCCC(Cl)C2)cc1OC. The van der Waals surface area contributed by atoms with Gasteiger partial charge in [-0.1, -0.05) is 12.5 Å². The molecule has 0 bridgehead atoms. The third-order valence-electron chi connectivity index (χ3n) is 3.49. The number of alkyl halides is 1. The fourth-order valence-electron chi connectivity index (χ4n) is 2.54. The molecule has 0 aromatic heterocycles. The molecule has 17 heavy (non-hydrogen) atoms. The van der Waals surface area contributed by atoms with Gasteiger partial charge >= 0.3 is 0 Å². The Morgan fingerprint density at radius 3 is 2.53 bits per heavy atom.